The molecule has 1 nitrogen and oxygen atoms in total. The van der Waals surface area contributed by atoms with Crippen LogP contribution in [0.25, 0.3) is 5.76 Å². The summed E-state index contributed by atoms with van der Waals surface area (Å²) in [6.07, 6.45) is 0. The van der Waals surface area contributed by atoms with Gasteiger partial charge in [-0.05, 0) is 24.3 Å². The Labute approximate surface area is 64.6 Å². The molecular weight excluding hydrogens is 148 g/mol. The summed E-state index contributed by atoms with van der Waals surface area (Å²) in [7, 11) is 0. The molecule has 0 atom stereocenters. The molecule has 0 radical (unpaired) electrons. The number of hydrogen-bond donors (Lipinski definition) is 1. The molecule has 1 aromatic carbocycles. The number of rotatable bonds is 1. The maximum atomic E-state index is 8.88. The maximum Gasteiger partial charge on any atom is 0.115 e. The molecule has 0 aromatic heterocycles. The van der Waals surface area contributed by atoms with Gasteiger partial charge in [0.15, 0.2) is 0 Å². The average molecular weight is 155 g/mol. The first-order valence-electron chi connectivity index (χ1n) is 2.84. The van der Waals surface area contributed by atoms with E-state index in [2.05, 4.69) is 6.58 Å². The van der Waals surface area contributed by atoms with Gasteiger partial charge < -0.3 is 5.11 Å². The minimum absolute atomic E-state index is 0.0664. The molecule has 0 aliphatic carbocycles. The summed E-state index contributed by atoms with van der Waals surface area (Å²) in [4.78, 5) is 0. The van der Waals surface area contributed by atoms with Crippen molar-refractivity contribution < 1.29 is 5.11 Å². The van der Waals surface area contributed by atoms with Gasteiger partial charge in [-0.15, -0.1) is 0 Å². The highest BCUT2D eigenvalue weighted by atomic mass is 35.5. The van der Waals surface area contributed by atoms with E-state index in [0.717, 1.165) is 0 Å². The standard InChI is InChI=1S/C8H7ClO/c1-6(10)7-2-4-8(9)5-3-7/h2-5,10H,1H2. The Morgan fingerprint density at radius 1 is 1.30 bits per heavy atom. The quantitative estimate of drug-likeness (QED) is 0.617. The molecule has 0 spiro atoms. The SMILES string of the molecule is C=C(O)c1ccc(Cl)cc1. The van der Waals surface area contributed by atoms with Crippen molar-refractivity contribution in [1.82, 2.24) is 0 Å². The third-order valence-electron chi connectivity index (χ3n) is 1.18. The molecule has 0 bridgehead atoms. The zero-order valence-electron chi connectivity index (χ0n) is 5.34. The van der Waals surface area contributed by atoms with Crippen LogP contribution in [0.5, 0.6) is 0 Å². The van der Waals surface area contributed by atoms with Crippen LogP contribution in [0.2, 0.25) is 5.02 Å². The van der Waals surface area contributed by atoms with Gasteiger partial charge in [0.05, 0.1) is 0 Å². The normalized spacial score (nSPS) is 9.30. The van der Waals surface area contributed by atoms with Gasteiger partial charge in [-0.3, -0.25) is 0 Å². The Bertz CT molecular complexity index is 238. The number of aliphatic hydroxyl groups excluding tert-OH is 1. The third kappa shape index (κ3) is 1.52. The predicted molar refractivity (Wildman–Crippen MR) is 43.1 cm³/mol. The van der Waals surface area contributed by atoms with E-state index < -0.39 is 0 Å². The van der Waals surface area contributed by atoms with Gasteiger partial charge in [0, 0.05) is 10.6 Å². The molecule has 0 aliphatic heterocycles. The Balaban J connectivity index is 3.00. The van der Waals surface area contributed by atoms with E-state index in [1.807, 2.05) is 0 Å². The van der Waals surface area contributed by atoms with Crippen LogP contribution in [0.15, 0.2) is 30.8 Å². The number of aliphatic hydroxyl groups is 1. The summed E-state index contributed by atoms with van der Waals surface area (Å²) >= 11 is 5.61. The first-order valence-corrected chi connectivity index (χ1v) is 3.22. The van der Waals surface area contributed by atoms with Crippen LogP contribution < -0.4 is 0 Å². The van der Waals surface area contributed by atoms with Crippen molar-refractivity contribution in [2.75, 3.05) is 0 Å². The number of halogens is 1. The number of benzene rings is 1. The Hall–Kier alpha value is -0.950. The van der Waals surface area contributed by atoms with Crippen LogP contribution in [0.1, 0.15) is 5.56 Å². The number of hydrogen-bond acceptors (Lipinski definition) is 1. The van der Waals surface area contributed by atoms with Crippen LogP contribution in [-0.2, 0) is 0 Å². The zero-order chi connectivity index (χ0) is 7.56. The molecule has 0 heterocycles. The van der Waals surface area contributed by atoms with Crippen molar-refractivity contribution in [2.24, 2.45) is 0 Å². The van der Waals surface area contributed by atoms with Crippen molar-refractivity contribution in [1.29, 1.82) is 0 Å². The minimum Gasteiger partial charge on any atom is -0.508 e. The van der Waals surface area contributed by atoms with Crippen LogP contribution in [0.4, 0.5) is 0 Å². The first-order chi connectivity index (χ1) is 4.70. The molecule has 0 saturated carbocycles. The average Bonchev–Trinajstić information content (AvgIpc) is 1.88. The lowest BCUT2D eigenvalue weighted by atomic mass is 10.2. The Morgan fingerprint density at radius 2 is 1.80 bits per heavy atom. The summed E-state index contributed by atoms with van der Waals surface area (Å²) < 4.78 is 0. The van der Waals surface area contributed by atoms with Crippen molar-refractivity contribution in [3.05, 3.63) is 41.4 Å². The van der Waals surface area contributed by atoms with Crippen LogP contribution in [0.3, 0.4) is 0 Å². The van der Waals surface area contributed by atoms with E-state index in [4.69, 9.17) is 16.7 Å². The molecule has 1 rings (SSSR count). The molecular formula is C8H7ClO. The fraction of sp³-hybridized carbons (Fsp3) is 0. The van der Waals surface area contributed by atoms with Crippen LogP contribution in [-0.4, -0.2) is 5.11 Å². The lowest BCUT2D eigenvalue weighted by Gasteiger charge is -1.95. The van der Waals surface area contributed by atoms with Crippen LogP contribution in [0, 0.1) is 0 Å². The van der Waals surface area contributed by atoms with Gasteiger partial charge in [0.1, 0.15) is 5.76 Å². The van der Waals surface area contributed by atoms with Gasteiger partial charge in [-0.25, -0.2) is 0 Å². The smallest absolute Gasteiger partial charge is 0.115 e. The van der Waals surface area contributed by atoms with E-state index in [1.165, 1.54) is 0 Å². The van der Waals surface area contributed by atoms with Gasteiger partial charge >= 0.3 is 0 Å². The topological polar surface area (TPSA) is 20.2 Å². The molecule has 52 valence electrons. The highest BCUT2D eigenvalue weighted by Gasteiger charge is 1.92. The fourth-order valence-electron chi connectivity index (χ4n) is 0.642. The van der Waals surface area contributed by atoms with Crippen LogP contribution >= 0.6 is 11.6 Å². The van der Waals surface area contributed by atoms with Crippen molar-refractivity contribution in [3.8, 4) is 0 Å². The second-order valence-electron chi connectivity index (χ2n) is 1.95. The Kier molecular flexibility index (Phi) is 1.97. The minimum atomic E-state index is 0.0664. The first kappa shape index (κ1) is 7.16. The molecule has 1 N–H and O–H groups in total. The van der Waals surface area contributed by atoms with E-state index in [0.29, 0.717) is 10.6 Å². The molecule has 1 aromatic rings. The summed E-state index contributed by atoms with van der Waals surface area (Å²) in [5, 5.41) is 9.53. The van der Waals surface area contributed by atoms with Gasteiger partial charge in [0.2, 0.25) is 0 Å². The maximum absolute atomic E-state index is 8.88. The molecule has 0 unspecified atom stereocenters. The van der Waals surface area contributed by atoms with Gasteiger partial charge in [-0.1, -0.05) is 18.2 Å². The van der Waals surface area contributed by atoms with Crippen molar-refractivity contribution in [2.45, 2.75) is 0 Å². The van der Waals surface area contributed by atoms with E-state index in [9.17, 15) is 0 Å². The van der Waals surface area contributed by atoms with Gasteiger partial charge in [0.25, 0.3) is 0 Å². The highest BCUT2D eigenvalue weighted by molar-refractivity contribution is 6.30. The lowest BCUT2D eigenvalue weighted by molar-refractivity contribution is 0.514. The second-order valence-corrected chi connectivity index (χ2v) is 2.39. The molecule has 0 fully saturated rings. The summed E-state index contributed by atoms with van der Waals surface area (Å²) in [5.41, 5.74) is 0.699. The van der Waals surface area contributed by atoms with E-state index in [1.54, 1.807) is 24.3 Å². The van der Waals surface area contributed by atoms with Gasteiger partial charge in [-0.2, -0.15) is 0 Å². The van der Waals surface area contributed by atoms with Crippen molar-refractivity contribution in [3.63, 3.8) is 0 Å². The fourth-order valence-corrected chi connectivity index (χ4v) is 0.768. The molecule has 0 aliphatic rings. The predicted octanol–water partition coefficient (Wildman–Crippen LogP) is 2.87. The zero-order valence-corrected chi connectivity index (χ0v) is 6.10. The summed E-state index contributed by atoms with van der Waals surface area (Å²) in [6.45, 7) is 3.37. The van der Waals surface area contributed by atoms with E-state index >= 15 is 0 Å². The Morgan fingerprint density at radius 3 is 2.20 bits per heavy atom. The monoisotopic (exact) mass is 154 g/mol. The molecule has 10 heavy (non-hydrogen) atoms. The molecule has 2 heteroatoms. The lowest BCUT2D eigenvalue weighted by Crippen LogP contribution is -1.77. The highest BCUT2D eigenvalue weighted by Crippen LogP contribution is 2.13. The van der Waals surface area contributed by atoms with E-state index in [-0.39, 0.29) is 5.76 Å². The second kappa shape index (κ2) is 2.76. The van der Waals surface area contributed by atoms with Crippen molar-refractivity contribution >= 4 is 17.4 Å². The molecule has 0 amide bonds. The third-order valence-corrected chi connectivity index (χ3v) is 1.43. The summed E-state index contributed by atoms with van der Waals surface area (Å²) in [6, 6.07) is 6.84. The largest absolute Gasteiger partial charge is 0.508 e. The molecule has 0 saturated heterocycles. The summed E-state index contributed by atoms with van der Waals surface area (Å²) in [5.74, 6) is 0.0664.